The Morgan fingerprint density at radius 3 is 1.10 bits per heavy atom. The fraction of sp³-hybridized carbons (Fsp3) is 0.0421. The van der Waals surface area contributed by atoms with E-state index in [1.54, 1.807) is 181 Å². The summed E-state index contributed by atoms with van der Waals surface area (Å²) < 4.78 is 54.2. The molecule has 25 heteroatoms. The minimum absolute atomic E-state index is 0.0602. The van der Waals surface area contributed by atoms with Crippen LogP contribution < -0.4 is 18.9 Å². The molecule has 0 aliphatic heterocycles. The van der Waals surface area contributed by atoms with E-state index in [0.717, 1.165) is 135 Å². The van der Waals surface area contributed by atoms with Gasteiger partial charge in [-0.05, 0) is 234 Å². The molecule has 0 aliphatic carbocycles. The van der Waals surface area contributed by atoms with Gasteiger partial charge in [0.15, 0.2) is 23.0 Å². The summed E-state index contributed by atoms with van der Waals surface area (Å²) in [7, 11) is 0. The number of aromatic hydroxyl groups is 6. The van der Waals surface area contributed by atoms with E-state index >= 15 is 0 Å². The average Bonchev–Trinajstić information content (AvgIpc) is 1.63. The fourth-order valence-corrected chi connectivity index (χ4v) is 17.1. The molecule has 11 aromatic carbocycles. The van der Waals surface area contributed by atoms with E-state index in [9.17, 15) is 58.6 Å². The monoisotopic (exact) mass is 1680 g/mol. The van der Waals surface area contributed by atoms with Crippen LogP contribution in [0.5, 0.6) is 80.5 Å². The van der Waals surface area contributed by atoms with Crippen molar-refractivity contribution in [1.29, 1.82) is 0 Å². The van der Waals surface area contributed by atoms with Gasteiger partial charge in [0.25, 0.3) is 6.43 Å². The van der Waals surface area contributed by atoms with Gasteiger partial charge in [0.1, 0.15) is 57.5 Å². The zero-order valence-corrected chi connectivity index (χ0v) is 66.5. The molecule has 16 rings (SSSR count). The van der Waals surface area contributed by atoms with E-state index in [2.05, 4.69) is 24.0 Å². The second-order valence-electron chi connectivity index (χ2n) is 26.4. The maximum Gasteiger partial charge on any atom is 0.328 e. The number of benzene rings is 11. The molecule has 0 bridgehead atoms. The summed E-state index contributed by atoms with van der Waals surface area (Å²) in [5.74, 6) is 1.82. The fourth-order valence-electron chi connectivity index (χ4n) is 12.3. The number of halogens is 2. The number of thiophene rings is 4. The minimum atomic E-state index is -2.54. The van der Waals surface area contributed by atoms with E-state index < -0.39 is 30.3 Å². The Bertz CT molecular complexity index is 6570. The number of hydrogen-bond acceptors (Lipinski definition) is 19. The molecule has 5 heterocycles. The molecular weight excluding hydrogens is 1610 g/mol. The highest BCUT2D eigenvalue weighted by Crippen LogP contribution is 2.53. The summed E-state index contributed by atoms with van der Waals surface area (Å²) in [5, 5.41) is 97.6. The van der Waals surface area contributed by atoms with Crippen LogP contribution >= 0.6 is 45.3 Å². The third-order valence-electron chi connectivity index (χ3n) is 18.2. The third-order valence-corrected chi connectivity index (χ3v) is 22.9. The highest BCUT2D eigenvalue weighted by atomic mass is 32.1. The van der Waals surface area contributed by atoms with Gasteiger partial charge in [0, 0.05) is 75.8 Å². The van der Waals surface area contributed by atoms with E-state index in [4.69, 9.17) is 39.4 Å². The van der Waals surface area contributed by atoms with Crippen LogP contribution in [0, 0.1) is 6.92 Å². The van der Waals surface area contributed by atoms with Gasteiger partial charge < -0.3 is 70.0 Å². The summed E-state index contributed by atoms with van der Waals surface area (Å²) in [6.07, 6.45) is 10.1. The number of fused-ring (bicyclic) bond motifs is 4. The maximum atomic E-state index is 12.9. The van der Waals surface area contributed by atoms with Crippen molar-refractivity contribution in [3.05, 3.63) is 318 Å². The lowest BCUT2D eigenvalue weighted by molar-refractivity contribution is -0.132. The van der Waals surface area contributed by atoms with Crippen molar-refractivity contribution < 1.29 is 98.0 Å². The van der Waals surface area contributed by atoms with Crippen LogP contribution in [0.1, 0.15) is 52.4 Å². The number of pyridine rings is 1. The van der Waals surface area contributed by atoms with Gasteiger partial charge in [0.2, 0.25) is 0 Å². The molecule has 0 unspecified atom stereocenters. The molecule has 0 fully saturated rings. The maximum absolute atomic E-state index is 12.9. The number of aromatic nitrogens is 1. The van der Waals surface area contributed by atoms with E-state index in [0.29, 0.717) is 51.5 Å². The van der Waals surface area contributed by atoms with Crippen LogP contribution in [0.25, 0.3) is 106 Å². The number of rotatable bonds is 22. The SMILES string of the molecule is CCc1ccccc1-c1sc2cc(O)ccc2c1Oc1ccc(/C=C/C(=O)O)cc1.Cc1c(O)cccc1-c1sc2cc(O)ccc2c1Oc1ccc(/C=C/C(=O)O)cc1.O=C(O)/C=C/c1ccc(Oc2c(-c3ccc(C(F)F)cc3)sc3cc(O)ccc23)cc1.O=C(O)/C=C/c1ccc(Oc2c(-c3ccc(O)cc3)sc3cc(O)ccc23)cn1. The molecule has 19 nitrogen and oxygen atoms in total. The summed E-state index contributed by atoms with van der Waals surface area (Å²) in [6, 6.07) is 71.4. The van der Waals surface area contributed by atoms with Crippen LogP contribution in [0.2, 0.25) is 0 Å². The van der Waals surface area contributed by atoms with Gasteiger partial charge in [-0.1, -0.05) is 104 Å². The lowest BCUT2D eigenvalue weighted by Crippen LogP contribution is -1.89. The molecule has 0 saturated carbocycles. The summed E-state index contributed by atoms with van der Waals surface area (Å²) in [5.41, 5.74) is 8.21. The number of alkyl halides is 2. The standard InChI is InChI=1S/C25H20O4S.C24H16F2O4S.C24H18O5S.C22H15NO5S/c1-2-17-5-3-4-6-20(17)25-24(21-13-10-18(26)15-22(21)30-25)29-19-11-7-16(8-12-19)9-14-23(27)28;25-24(26)16-6-4-15(5-7-16)23-22(19-11-8-17(27)13-20(19)31-23)30-18-9-1-14(2-10-18)3-12-21(28)29;1-14-18(3-2-4-20(14)26)24-23(19-11-8-16(25)13-21(19)30-24)29-17-9-5-15(6-10-17)7-12-22(27)28;24-15-5-1-13(2-6-15)22-21(18-9-7-16(25)11-19(18)29-22)28-17-8-3-14(23-12-17)4-10-20(26)27/h3-15,26H,2H2,1H3,(H,27,28);1-13,24,27H,(H,28,29);2-13,25-26H,1H3,(H,27,28);1-12,24-25H,(H,26,27)/b14-9+;12-3+;12-7+;10-4+. The average molecular weight is 1680 g/mol. The van der Waals surface area contributed by atoms with Gasteiger partial charge in [-0.25, -0.2) is 28.0 Å². The number of carbonyl (C=O) groups is 4. The first-order chi connectivity index (χ1) is 57.9. The van der Waals surface area contributed by atoms with Crippen LogP contribution in [0.4, 0.5) is 8.78 Å². The third kappa shape index (κ3) is 20.7. The molecule has 0 atom stereocenters. The normalized spacial score (nSPS) is 11.3. The lowest BCUT2D eigenvalue weighted by atomic mass is 10.0. The number of ether oxygens (including phenoxy) is 4. The number of carboxylic acid groups (broad SMARTS) is 4. The van der Waals surface area contributed by atoms with Crippen molar-refractivity contribution in [3.8, 4) is 122 Å². The Morgan fingerprint density at radius 2 is 0.717 bits per heavy atom. The predicted molar refractivity (Wildman–Crippen MR) is 469 cm³/mol. The number of nitrogens with zero attached hydrogens (tertiary/aromatic N) is 1. The van der Waals surface area contributed by atoms with Crippen molar-refractivity contribution in [1.82, 2.24) is 4.98 Å². The van der Waals surface area contributed by atoms with E-state index in [1.807, 2.05) is 61.5 Å². The Hall–Kier alpha value is -14.9. The number of aliphatic carboxylic acids is 4. The number of carboxylic acids is 4. The molecule has 0 saturated heterocycles. The van der Waals surface area contributed by atoms with Gasteiger partial charge >= 0.3 is 23.9 Å². The van der Waals surface area contributed by atoms with Crippen LogP contribution in [0.3, 0.4) is 0 Å². The lowest BCUT2D eigenvalue weighted by Gasteiger charge is -2.11. The minimum Gasteiger partial charge on any atom is -0.508 e. The number of phenolic OH excluding ortho intramolecular Hbond substituents is 6. The number of hydrogen-bond donors (Lipinski definition) is 10. The second-order valence-corrected chi connectivity index (χ2v) is 30.6. The number of aryl methyl sites for hydroxylation is 1. The Kier molecular flexibility index (Phi) is 26.2. The summed E-state index contributed by atoms with van der Waals surface area (Å²) in [4.78, 5) is 50.3. The van der Waals surface area contributed by atoms with Gasteiger partial charge in [-0.3, -0.25) is 4.98 Å². The topological polar surface area (TPSA) is 320 Å². The zero-order valence-electron chi connectivity index (χ0n) is 63.2. The first-order valence-corrected chi connectivity index (χ1v) is 39.8. The van der Waals surface area contributed by atoms with Crippen molar-refractivity contribution in [2.24, 2.45) is 0 Å². The van der Waals surface area contributed by atoms with Gasteiger partial charge in [-0.2, -0.15) is 0 Å². The van der Waals surface area contributed by atoms with Crippen LogP contribution in [-0.4, -0.2) is 79.9 Å². The number of phenols is 6. The zero-order chi connectivity index (χ0) is 84.7. The Balaban J connectivity index is 0.000000138. The quantitative estimate of drug-likeness (QED) is 0.0282. The molecule has 10 N–H and O–H groups in total. The molecule has 600 valence electrons. The second kappa shape index (κ2) is 37.8. The molecule has 0 amide bonds. The molecule has 120 heavy (non-hydrogen) atoms. The molecular formula is C95H69F2NO18S4. The Labute approximate surface area is 699 Å². The molecule has 0 spiro atoms. The first-order valence-electron chi connectivity index (χ1n) is 36.6. The summed E-state index contributed by atoms with van der Waals surface area (Å²) >= 11 is 5.93. The first kappa shape index (κ1) is 83.1. The van der Waals surface area contributed by atoms with Crippen LogP contribution in [-0.2, 0) is 25.6 Å². The highest BCUT2D eigenvalue weighted by Gasteiger charge is 2.24. The van der Waals surface area contributed by atoms with Crippen molar-refractivity contribution >= 4 is 134 Å². The predicted octanol–water partition coefficient (Wildman–Crippen LogP) is 25.3. The van der Waals surface area contributed by atoms with Gasteiger partial charge in [-0.15, -0.1) is 45.3 Å². The highest BCUT2D eigenvalue weighted by molar-refractivity contribution is 7.24. The summed E-state index contributed by atoms with van der Waals surface area (Å²) in [6.45, 7) is 3.97. The van der Waals surface area contributed by atoms with Crippen LogP contribution in [0.15, 0.2) is 279 Å². The smallest absolute Gasteiger partial charge is 0.328 e. The molecule has 0 aliphatic rings. The van der Waals surface area contributed by atoms with Crippen molar-refractivity contribution in [2.75, 3.05) is 0 Å². The largest absolute Gasteiger partial charge is 0.508 e. The van der Waals surface area contributed by atoms with E-state index in [-0.39, 0.29) is 40.1 Å². The molecule has 5 aromatic heterocycles. The van der Waals surface area contributed by atoms with E-state index in [1.165, 1.54) is 82.2 Å². The molecule has 16 aromatic rings. The van der Waals surface area contributed by atoms with Crippen molar-refractivity contribution in [2.45, 2.75) is 26.7 Å². The van der Waals surface area contributed by atoms with Gasteiger partial charge in [0.05, 0.1) is 31.4 Å². The molecule has 0 radical (unpaired) electrons. The van der Waals surface area contributed by atoms with Crippen molar-refractivity contribution in [3.63, 3.8) is 0 Å². The Morgan fingerprint density at radius 1 is 0.375 bits per heavy atom.